The first kappa shape index (κ1) is 11.5. The minimum Gasteiger partial charge on any atom is -0.348 e. The van der Waals surface area contributed by atoms with Crippen molar-refractivity contribution >= 4 is 17.5 Å². The van der Waals surface area contributed by atoms with Crippen molar-refractivity contribution < 1.29 is 9.59 Å². The van der Waals surface area contributed by atoms with E-state index in [0.717, 1.165) is 5.56 Å². The topological polar surface area (TPSA) is 58.2 Å². The summed E-state index contributed by atoms with van der Waals surface area (Å²) in [6.07, 6.45) is 0. The maximum absolute atomic E-state index is 12.1. The second-order valence-electron chi connectivity index (χ2n) is 4.33. The summed E-state index contributed by atoms with van der Waals surface area (Å²) < 4.78 is 0. The van der Waals surface area contributed by atoms with Gasteiger partial charge in [0.05, 0.1) is 0 Å². The molecule has 2 aromatic carbocycles. The van der Waals surface area contributed by atoms with Crippen LogP contribution in [0.2, 0.25) is 0 Å². The Morgan fingerprint density at radius 3 is 2.63 bits per heavy atom. The number of hydrogen-bond acceptors (Lipinski definition) is 2. The molecule has 0 saturated carbocycles. The van der Waals surface area contributed by atoms with Crippen molar-refractivity contribution in [2.24, 2.45) is 0 Å². The van der Waals surface area contributed by atoms with E-state index in [0.29, 0.717) is 23.4 Å². The van der Waals surface area contributed by atoms with Crippen molar-refractivity contribution in [1.29, 1.82) is 0 Å². The Kier molecular flexibility index (Phi) is 2.76. The molecule has 0 fully saturated rings. The van der Waals surface area contributed by atoms with Gasteiger partial charge in [0, 0.05) is 28.9 Å². The summed E-state index contributed by atoms with van der Waals surface area (Å²) in [7, 11) is 0. The van der Waals surface area contributed by atoms with Crippen LogP contribution >= 0.6 is 0 Å². The van der Waals surface area contributed by atoms with Gasteiger partial charge in [-0.2, -0.15) is 0 Å². The minimum atomic E-state index is -0.173. The summed E-state index contributed by atoms with van der Waals surface area (Å²) in [4.78, 5) is 23.6. The fraction of sp³-hybridized carbons (Fsp3) is 0.0667. The molecule has 19 heavy (non-hydrogen) atoms. The second kappa shape index (κ2) is 4.57. The molecule has 4 nitrogen and oxygen atoms in total. The van der Waals surface area contributed by atoms with E-state index >= 15 is 0 Å². The third kappa shape index (κ3) is 2.08. The van der Waals surface area contributed by atoms with E-state index in [1.165, 1.54) is 0 Å². The van der Waals surface area contributed by atoms with E-state index in [1.807, 2.05) is 18.2 Å². The minimum absolute atomic E-state index is 0.0918. The average molecular weight is 252 g/mol. The van der Waals surface area contributed by atoms with Gasteiger partial charge in [0.2, 0.25) is 0 Å². The number of fused-ring (bicyclic) bond motifs is 1. The molecule has 3 rings (SSSR count). The van der Waals surface area contributed by atoms with E-state index in [9.17, 15) is 9.59 Å². The third-order valence-electron chi connectivity index (χ3n) is 3.13. The first-order valence-electron chi connectivity index (χ1n) is 6.02. The lowest BCUT2D eigenvalue weighted by atomic mass is 10.1. The SMILES string of the molecule is O=C(Nc1cccc2c1CNC2=O)c1ccccc1. The predicted molar refractivity (Wildman–Crippen MR) is 72.0 cm³/mol. The van der Waals surface area contributed by atoms with Crippen LogP contribution in [0.25, 0.3) is 0 Å². The fourth-order valence-corrected chi connectivity index (χ4v) is 2.16. The summed E-state index contributed by atoms with van der Waals surface area (Å²) in [5.74, 6) is -0.265. The van der Waals surface area contributed by atoms with Gasteiger partial charge in [-0.25, -0.2) is 0 Å². The molecule has 0 unspecified atom stereocenters. The molecule has 0 aliphatic carbocycles. The predicted octanol–water partition coefficient (Wildman–Crippen LogP) is 2.18. The maximum Gasteiger partial charge on any atom is 0.255 e. The standard InChI is InChI=1S/C15H12N2O2/c18-14(10-5-2-1-3-6-10)17-13-8-4-7-11-12(13)9-16-15(11)19/h1-8H,9H2,(H,16,19)(H,17,18). The lowest BCUT2D eigenvalue weighted by molar-refractivity contribution is 0.0964. The number of anilines is 1. The molecule has 2 N–H and O–H groups in total. The Bertz CT molecular complexity index is 650. The van der Waals surface area contributed by atoms with Crippen LogP contribution in [0.5, 0.6) is 0 Å². The van der Waals surface area contributed by atoms with Gasteiger partial charge >= 0.3 is 0 Å². The monoisotopic (exact) mass is 252 g/mol. The molecule has 4 heteroatoms. The van der Waals surface area contributed by atoms with Crippen LogP contribution in [0, 0.1) is 0 Å². The number of nitrogens with one attached hydrogen (secondary N) is 2. The smallest absolute Gasteiger partial charge is 0.255 e. The van der Waals surface area contributed by atoms with Crippen LogP contribution in [0.15, 0.2) is 48.5 Å². The maximum atomic E-state index is 12.1. The lowest BCUT2D eigenvalue weighted by Crippen LogP contribution is -2.13. The zero-order valence-corrected chi connectivity index (χ0v) is 10.1. The van der Waals surface area contributed by atoms with Gasteiger partial charge in [-0.05, 0) is 24.3 Å². The van der Waals surface area contributed by atoms with Crippen molar-refractivity contribution in [2.45, 2.75) is 6.54 Å². The van der Waals surface area contributed by atoms with Crippen LogP contribution in [-0.4, -0.2) is 11.8 Å². The Balaban J connectivity index is 1.89. The fourth-order valence-electron chi connectivity index (χ4n) is 2.16. The molecule has 0 radical (unpaired) electrons. The largest absolute Gasteiger partial charge is 0.348 e. The van der Waals surface area contributed by atoms with Crippen molar-refractivity contribution in [1.82, 2.24) is 5.32 Å². The van der Waals surface area contributed by atoms with Crippen LogP contribution in [0.3, 0.4) is 0 Å². The number of hydrogen-bond donors (Lipinski definition) is 2. The number of carbonyl (C=O) groups excluding carboxylic acids is 2. The first-order chi connectivity index (χ1) is 9.25. The van der Waals surface area contributed by atoms with Crippen LogP contribution in [0.1, 0.15) is 26.3 Å². The zero-order chi connectivity index (χ0) is 13.2. The molecule has 1 aliphatic heterocycles. The molecule has 0 saturated heterocycles. The van der Waals surface area contributed by atoms with Gasteiger partial charge in [0.15, 0.2) is 0 Å². The second-order valence-corrected chi connectivity index (χ2v) is 4.33. The van der Waals surface area contributed by atoms with E-state index in [-0.39, 0.29) is 11.8 Å². The summed E-state index contributed by atoms with van der Waals surface area (Å²) in [6, 6.07) is 14.3. The van der Waals surface area contributed by atoms with Gasteiger partial charge in [-0.1, -0.05) is 24.3 Å². The van der Waals surface area contributed by atoms with E-state index in [1.54, 1.807) is 30.3 Å². The molecular formula is C15H12N2O2. The molecule has 0 aromatic heterocycles. The quantitative estimate of drug-likeness (QED) is 0.860. The van der Waals surface area contributed by atoms with Crippen LogP contribution in [0.4, 0.5) is 5.69 Å². The summed E-state index contributed by atoms with van der Waals surface area (Å²) >= 11 is 0. The number of rotatable bonds is 2. The van der Waals surface area contributed by atoms with Crippen molar-refractivity contribution in [3.05, 3.63) is 65.2 Å². The Morgan fingerprint density at radius 1 is 1.05 bits per heavy atom. The molecule has 0 atom stereocenters. The molecule has 94 valence electrons. The number of amides is 2. The van der Waals surface area contributed by atoms with Crippen molar-refractivity contribution in [3.8, 4) is 0 Å². The first-order valence-corrected chi connectivity index (χ1v) is 6.02. The molecule has 0 spiro atoms. The molecule has 2 amide bonds. The Hall–Kier alpha value is -2.62. The number of benzene rings is 2. The Labute approximate surface area is 110 Å². The highest BCUT2D eigenvalue weighted by Crippen LogP contribution is 2.24. The third-order valence-corrected chi connectivity index (χ3v) is 3.13. The highest BCUT2D eigenvalue weighted by atomic mass is 16.2. The summed E-state index contributed by atoms with van der Waals surface area (Å²) in [5.41, 5.74) is 2.75. The van der Waals surface area contributed by atoms with Gasteiger partial charge in [0.25, 0.3) is 11.8 Å². The van der Waals surface area contributed by atoms with E-state index in [2.05, 4.69) is 10.6 Å². The summed E-state index contributed by atoms with van der Waals surface area (Å²) in [6.45, 7) is 0.458. The Morgan fingerprint density at radius 2 is 1.84 bits per heavy atom. The molecule has 1 aliphatic rings. The van der Waals surface area contributed by atoms with Gasteiger partial charge in [-0.3, -0.25) is 9.59 Å². The molecule has 0 bridgehead atoms. The summed E-state index contributed by atoms with van der Waals surface area (Å²) in [5, 5.41) is 5.60. The zero-order valence-electron chi connectivity index (χ0n) is 10.1. The average Bonchev–Trinajstić information content (AvgIpc) is 2.83. The van der Waals surface area contributed by atoms with Gasteiger partial charge < -0.3 is 10.6 Å². The molecule has 2 aromatic rings. The van der Waals surface area contributed by atoms with Gasteiger partial charge in [0.1, 0.15) is 0 Å². The lowest BCUT2D eigenvalue weighted by Gasteiger charge is -2.08. The van der Waals surface area contributed by atoms with Crippen molar-refractivity contribution in [2.75, 3.05) is 5.32 Å². The normalized spacial score (nSPS) is 12.7. The molecule has 1 heterocycles. The van der Waals surface area contributed by atoms with Crippen molar-refractivity contribution in [3.63, 3.8) is 0 Å². The van der Waals surface area contributed by atoms with E-state index < -0.39 is 0 Å². The molecular weight excluding hydrogens is 240 g/mol. The van der Waals surface area contributed by atoms with Gasteiger partial charge in [-0.15, -0.1) is 0 Å². The number of carbonyl (C=O) groups is 2. The van der Waals surface area contributed by atoms with Crippen LogP contribution < -0.4 is 10.6 Å². The van der Waals surface area contributed by atoms with Crippen LogP contribution in [-0.2, 0) is 6.54 Å². The highest BCUT2D eigenvalue weighted by molar-refractivity contribution is 6.07. The highest BCUT2D eigenvalue weighted by Gasteiger charge is 2.22. The van der Waals surface area contributed by atoms with E-state index in [4.69, 9.17) is 0 Å².